The van der Waals surface area contributed by atoms with Gasteiger partial charge in [0.05, 0.1) is 148 Å². The van der Waals surface area contributed by atoms with Crippen molar-refractivity contribution < 1.29 is 154 Å². The molecule has 0 aliphatic carbocycles. The number of likely N-dealkylation sites (N-methyl/N-ethyl adjacent to an activating group) is 3. The summed E-state index contributed by atoms with van der Waals surface area (Å²) in [5.41, 5.74) is 14.3. The molecule has 9 N–H and O–H groups in total. The number of nitrogens with one attached hydrogen (secondary N) is 5. The van der Waals surface area contributed by atoms with Gasteiger partial charge in [0.1, 0.15) is 18.9 Å². The number of sulfone groups is 2. The summed E-state index contributed by atoms with van der Waals surface area (Å²) >= 11 is 38.5. The zero-order valence-corrected chi connectivity index (χ0v) is 81.3. The molecule has 0 fully saturated rings. The van der Waals surface area contributed by atoms with Gasteiger partial charge in [0.2, 0.25) is 22.2 Å². The van der Waals surface area contributed by atoms with Gasteiger partial charge in [-0.25, -0.2) is 63.9 Å². The van der Waals surface area contributed by atoms with Gasteiger partial charge in [0.15, 0.2) is 19.7 Å². The molecular formula is C86H111Cl8F6N9O20S3. The number of Topliss-reactive ketones (excluding diaryl/α,β-unsaturated/α-hetero) is 1. The Kier molecular flexibility index (Phi) is 56.3. The van der Waals surface area contributed by atoms with Crippen LogP contribution in [0.4, 0.5) is 31.1 Å². The number of carbonyl (C=O) groups is 4. The number of hydrogen-bond acceptors (Lipinski definition) is 22. The number of urea groups is 1. The Balaban J connectivity index is 0.000000627. The number of ether oxygens (including phenoxy) is 6. The Morgan fingerprint density at radius 2 is 0.856 bits per heavy atom. The molecule has 0 saturated heterocycles. The van der Waals surface area contributed by atoms with Crippen molar-refractivity contribution in [2.75, 3.05) is 171 Å². The summed E-state index contributed by atoms with van der Waals surface area (Å²) in [5, 5.41) is 23.4. The molecule has 0 bridgehead atoms. The Morgan fingerprint density at radius 3 is 1.29 bits per heavy atom. The second-order valence-electron chi connectivity index (χ2n) is 30.2. The van der Waals surface area contributed by atoms with Crippen LogP contribution in [0.3, 0.4) is 0 Å². The van der Waals surface area contributed by atoms with E-state index in [9.17, 15) is 70.8 Å². The summed E-state index contributed by atoms with van der Waals surface area (Å²) in [6.07, 6.45) is -1.22. The molecule has 2 unspecified atom stereocenters. The number of alkyl halides is 6. The third-order valence-electron chi connectivity index (χ3n) is 19.9. The number of carboxylic acid groups (broad SMARTS) is 2. The summed E-state index contributed by atoms with van der Waals surface area (Å²) < 4.78 is 178. The Bertz CT molecular complexity index is 4850. The normalized spacial score (nSPS) is 15.7. The predicted molar refractivity (Wildman–Crippen MR) is 481 cm³/mol. The molecule has 0 radical (unpaired) electrons. The molecule has 6 aromatic carbocycles. The smallest absolute Gasteiger partial charge is 0.490 e. The number of unbranched alkanes of at least 4 members (excludes halogenated alkanes) is 3. The number of carbonyl (C=O) groups excluding carboxylic acids is 4. The van der Waals surface area contributed by atoms with Crippen molar-refractivity contribution in [3.63, 3.8) is 0 Å². The fourth-order valence-electron chi connectivity index (χ4n) is 13.8. The Hall–Kier alpha value is -6.73. The summed E-state index contributed by atoms with van der Waals surface area (Å²) in [6.45, 7) is 11.1. The number of ketones is 1. The van der Waals surface area contributed by atoms with Crippen LogP contribution < -0.4 is 55.7 Å². The highest BCUT2D eigenvalue weighted by Gasteiger charge is 2.40. The number of sulfonamides is 1. The number of carboxylic acids is 2. The molecule has 0 saturated carbocycles. The SMILES string of the molecule is CN1Cc2c(Cl)cc(Cl)cc2[C@H](c2cccc(S(=O)(=O)CCCOCCOCCN)c2)C1.C[NH+]1Cc2c(Cl)cc(Cl)cc2[C@H](c2cccc(S(=O)(=O)CCCOCCOCCNC(=O)NCCCCCC(=O)CCCOCCOCCNS(=O)(=O)c3cccc([C@@H]4C[NH+](C)Cc5c(Cl)cc(Cl)cc54)c3)c2)C1.O=C(O)C(F)(F)F.O=C(O)C(F)(F)F.O=C=NCCCCN=C=O.[Cl-].[Cl-]. The monoisotopic (exact) mass is 2080 g/mol. The highest BCUT2D eigenvalue weighted by Crippen LogP contribution is 2.41. The average molecular weight is 2080 g/mol. The maximum atomic E-state index is 13.3. The quantitative estimate of drug-likeness (QED) is 0.0101. The number of rotatable bonds is 47. The molecule has 9 rings (SSSR count). The van der Waals surface area contributed by atoms with E-state index in [1.54, 1.807) is 72.8 Å². The van der Waals surface area contributed by atoms with Crippen LogP contribution >= 0.6 is 69.6 Å². The van der Waals surface area contributed by atoms with Gasteiger partial charge < -0.3 is 94.5 Å². The number of aliphatic imine (C=N–C) groups is 2. The van der Waals surface area contributed by atoms with Crippen LogP contribution in [-0.4, -0.2) is 259 Å². The molecule has 3 heterocycles. The average Bonchev–Trinajstić information content (AvgIpc) is 0.780. The summed E-state index contributed by atoms with van der Waals surface area (Å²) in [4.78, 5) is 73.5. The van der Waals surface area contributed by atoms with E-state index in [0.29, 0.717) is 166 Å². The highest BCUT2D eigenvalue weighted by molar-refractivity contribution is 7.91. The Morgan fingerprint density at radius 1 is 0.485 bits per heavy atom. The molecule has 46 heteroatoms. The van der Waals surface area contributed by atoms with Crippen LogP contribution in [0.2, 0.25) is 30.1 Å². The molecule has 0 aromatic heterocycles. The third-order valence-corrected chi connectivity index (χ3v) is 26.6. The van der Waals surface area contributed by atoms with Gasteiger partial charge in [-0.15, -0.1) is 0 Å². The standard InChI is InChI=1S/C53H69Cl4N5O10S2.C23H30Cl2N2O4S.C6H8N2O2.2C2HF3O2.2ClH/c1-61-34-47(45-30-40(54)32-51(56)49(45)36-61)38-10-6-14-43(28-38)73(65,66)27-9-20-70-24-25-71-21-17-59-53(64)58-16-5-3-4-12-42(63)13-8-19-69-23-26-72-22-18-60-74(67,68)44-15-7-11-39(29-44)48-35-62(2)37-50-46(48)31-41(55)33-52(50)57;1-27-15-21(20-13-18(24)14-23(25)22(20)16-27)17-4-2-5-19(12-17)32(28,29)11-3-7-30-9-10-31-8-6-26;9-5-7-3-1-2-4-8-6-10;2*3-2(4,5)1(6)7;;/h6-7,10-11,14-15,28-33,47-48,60H,3-5,8-9,12-13,16-27,34-37H2,1-2H3,(H2,58,59,64);2,4-5,12-14,21H,3,6-11,15-16,26H2,1H3;1-4H2;2*(H,6,7);2*1H/t47-,48-;21-;;;;;/m00...../s1. The first-order valence-corrected chi connectivity index (χ1v) is 48.5. The van der Waals surface area contributed by atoms with Gasteiger partial charge in [-0.2, -0.15) is 26.3 Å². The first-order chi connectivity index (χ1) is 61.6. The van der Waals surface area contributed by atoms with Crippen LogP contribution in [0.15, 0.2) is 134 Å². The van der Waals surface area contributed by atoms with E-state index < -0.39 is 54.0 Å². The molecule has 736 valence electrons. The van der Waals surface area contributed by atoms with E-state index in [1.165, 1.54) is 22.0 Å². The van der Waals surface area contributed by atoms with Crippen molar-refractivity contribution in [3.8, 4) is 0 Å². The summed E-state index contributed by atoms with van der Waals surface area (Å²) in [5.74, 6) is -5.44. The van der Waals surface area contributed by atoms with E-state index in [-0.39, 0.29) is 95.4 Å². The first kappa shape index (κ1) is 119. The largest absolute Gasteiger partial charge is 1.00 e. The van der Waals surface area contributed by atoms with Crippen molar-refractivity contribution in [2.24, 2.45) is 15.7 Å². The van der Waals surface area contributed by atoms with Gasteiger partial charge in [0, 0.05) is 109 Å². The molecule has 5 atom stereocenters. The molecule has 2 amide bonds. The number of halogens is 14. The number of benzene rings is 6. The highest BCUT2D eigenvalue weighted by atomic mass is 35.5. The van der Waals surface area contributed by atoms with Gasteiger partial charge in [0.25, 0.3) is 0 Å². The van der Waals surface area contributed by atoms with Crippen molar-refractivity contribution in [1.29, 1.82) is 0 Å². The summed E-state index contributed by atoms with van der Waals surface area (Å²) in [7, 11) is -4.51. The van der Waals surface area contributed by atoms with E-state index in [4.69, 9.17) is 124 Å². The van der Waals surface area contributed by atoms with E-state index in [2.05, 4.69) is 44.3 Å². The molecule has 0 spiro atoms. The number of nitrogens with zero attached hydrogens (tertiary/aromatic N) is 3. The summed E-state index contributed by atoms with van der Waals surface area (Å²) in [6, 6.07) is 32.1. The number of amides is 2. The number of isocyanates is 2. The molecule has 29 nitrogen and oxygen atoms in total. The maximum Gasteiger partial charge on any atom is 0.490 e. The van der Waals surface area contributed by atoms with E-state index in [1.807, 2.05) is 43.4 Å². The second kappa shape index (κ2) is 62.2. The number of aliphatic carboxylic acids is 2. The number of nitrogens with two attached hydrogens (primary N) is 1. The van der Waals surface area contributed by atoms with Crippen LogP contribution in [0.5, 0.6) is 0 Å². The minimum atomic E-state index is -5.08. The number of hydrogen-bond donors (Lipinski definition) is 8. The van der Waals surface area contributed by atoms with Gasteiger partial charge in [-0.05, 0) is 164 Å². The third kappa shape index (κ3) is 44.2. The lowest BCUT2D eigenvalue weighted by Crippen LogP contribution is -3.09. The zero-order chi connectivity index (χ0) is 96.0. The predicted octanol–water partition coefficient (Wildman–Crippen LogP) is 5.48. The topological polar surface area (TPSA) is 400 Å². The van der Waals surface area contributed by atoms with Gasteiger partial charge in [-0.1, -0.05) is 112 Å². The van der Waals surface area contributed by atoms with Gasteiger partial charge in [-0.3, -0.25) is 4.79 Å². The first-order valence-electron chi connectivity index (χ1n) is 41.5. The van der Waals surface area contributed by atoms with Crippen LogP contribution in [-0.2, 0) is 102 Å². The van der Waals surface area contributed by atoms with Crippen molar-refractivity contribution >= 4 is 135 Å². The van der Waals surface area contributed by atoms with Crippen LogP contribution in [0.25, 0.3) is 0 Å². The minimum Gasteiger partial charge on any atom is -1.00 e. The van der Waals surface area contributed by atoms with E-state index >= 15 is 0 Å². The molecule has 3 aliphatic heterocycles. The molecule has 6 aromatic rings. The minimum absolute atomic E-state index is 0. The molecule has 132 heavy (non-hydrogen) atoms. The fourth-order valence-corrected chi connectivity index (χ4v) is 19.3. The Labute approximate surface area is 807 Å². The lowest BCUT2D eigenvalue weighted by molar-refractivity contribution is -0.897. The number of quaternary nitrogens is 2. The lowest BCUT2D eigenvalue weighted by Gasteiger charge is -2.33. The van der Waals surface area contributed by atoms with Crippen LogP contribution in [0.1, 0.15) is 132 Å². The molecule has 3 aliphatic rings. The molecular weight excluding hydrogens is 1970 g/mol. The zero-order valence-electron chi connectivity index (χ0n) is 72.8. The van der Waals surface area contributed by atoms with Crippen LogP contribution in [0, 0.1) is 0 Å². The fraction of sp³-hybridized carbons (Fsp3) is 0.512. The van der Waals surface area contributed by atoms with Gasteiger partial charge >= 0.3 is 30.3 Å². The second-order valence-corrected chi connectivity index (χ2v) is 38.7. The lowest BCUT2D eigenvalue weighted by atomic mass is 9.85. The van der Waals surface area contributed by atoms with Crippen molar-refractivity contribution in [1.82, 2.24) is 20.3 Å². The van der Waals surface area contributed by atoms with Crippen molar-refractivity contribution in [2.45, 2.75) is 129 Å². The number of fused-ring (bicyclic) bond motifs is 3. The van der Waals surface area contributed by atoms with Crippen molar-refractivity contribution in [3.05, 3.63) is 189 Å². The van der Waals surface area contributed by atoms with E-state index in [0.717, 1.165) is 121 Å². The maximum absolute atomic E-state index is 13.3.